The molecule has 0 saturated carbocycles. The summed E-state index contributed by atoms with van der Waals surface area (Å²) >= 11 is 1.47. The van der Waals surface area contributed by atoms with Crippen molar-refractivity contribution >= 4 is 17.7 Å². The van der Waals surface area contributed by atoms with Crippen LogP contribution in [-0.2, 0) is 17.6 Å². The van der Waals surface area contributed by atoms with Crippen LogP contribution in [0.3, 0.4) is 0 Å². The van der Waals surface area contributed by atoms with Gasteiger partial charge in [-0.15, -0.1) is 0 Å². The first-order valence-corrected chi connectivity index (χ1v) is 10.8. The van der Waals surface area contributed by atoms with Gasteiger partial charge in [0, 0.05) is 5.56 Å². The number of carbonyl (C=O) groups is 1. The molecule has 2 heterocycles. The third kappa shape index (κ3) is 4.66. The van der Waals surface area contributed by atoms with Gasteiger partial charge >= 0.3 is 0 Å². The normalized spacial score (nSPS) is 17.2. The number of hydrogen-bond acceptors (Lipinski definition) is 5. The van der Waals surface area contributed by atoms with Crippen LogP contribution in [0, 0.1) is 6.92 Å². The molecule has 2 atom stereocenters. The van der Waals surface area contributed by atoms with E-state index in [1.54, 1.807) is 0 Å². The molecule has 154 valence electrons. The van der Waals surface area contributed by atoms with Crippen molar-refractivity contribution in [3.05, 3.63) is 88.8 Å². The van der Waals surface area contributed by atoms with Crippen LogP contribution in [0.1, 0.15) is 35.1 Å². The Labute approximate surface area is 180 Å². The molecule has 1 amide bonds. The number of thioether (sulfide) groups is 1. The number of benzene rings is 2. The van der Waals surface area contributed by atoms with E-state index in [9.17, 15) is 9.90 Å². The Balaban J connectivity index is 1.35. The van der Waals surface area contributed by atoms with E-state index in [2.05, 4.69) is 16.9 Å². The number of rotatable bonds is 7. The van der Waals surface area contributed by atoms with E-state index < -0.39 is 6.10 Å². The first-order chi connectivity index (χ1) is 14.5. The molecule has 1 fully saturated rings. The highest BCUT2D eigenvalue weighted by Crippen LogP contribution is 2.29. The second-order valence-electron chi connectivity index (χ2n) is 7.41. The number of oxazole rings is 1. The molecular formula is C24H24N2O3S. The smallest absolute Gasteiger partial charge is 0.238 e. The summed E-state index contributed by atoms with van der Waals surface area (Å²) in [5.74, 6) is 1.40. The third-order valence-electron chi connectivity index (χ3n) is 5.19. The second-order valence-corrected chi connectivity index (χ2v) is 8.70. The molecular weight excluding hydrogens is 396 g/mol. The van der Waals surface area contributed by atoms with Gasteiger partial charge in [0.25, 0.3) is 0 Å². The SMILES string of the molecule is C=C1NC(=O)C(Cc2ccc(C(O)CCc3nc(-c4ccccc4)oc3C)cc2)S1. The van der Waals surface area contributed by atoms with Crippen LogP contribution in [0.4, 0.5) is 0 Å². The number of aryl methyl sites for hydroxylation is 2. The molecule has 1 aromatic heterocycles. The zero-order valence-electron chi connectivity index (χ0n) is 16.8. The van der Waals surface area contributed by atoms with Crippen LogP contribution in [0.2, 0.25) is 0 Å². The zero-order chi connectivity index (χ0) is 21.1. The Morgan fingerprint density at radius 2 is 1.93 bits per heavy atom. The molecule has 0 bridgehead atoms. The summed E-state index contributed by atoms with van der Waals surface area (Å²) in [6.07, 6.45) is 1.25. The average molecular weight is 421 g/mol. The number of nitrogens with zero attached hydrogens (tertiary/aromatic N) is 1. The van der Waals surface area contributed by atoms with Gasteiger partial charge in [-0.1, -0.05) is 60.8 Å². The van der Waals surface area contributed by atoms with Crippen molar-refractivity contribution in [2.45, 2.75) is 37.5 Å². The van der Waals surface area contributed by atoms with Crippen molar-refractivity contribution in [1.82, 2.24) is 10.3 Å². The highest BCUT2D eigenvalue weighted by molar-refractivity contribution is 8.04. The number of carbonyl (C=O) groups excluding carboxylic acids is 1. The van der Waals surface area contributed by atoms with Crippen molar-refractivity contribution in [2.24, 2.45) is 0 Å². The standard InChI is InChI=1S/C24H24N2O3S/c1-15-20(26-24(29-15)19-6-4-3-5-7-19)12-13-21(27)18-10-8-17(9-11-18)14-22-23(28)25-16(2)30-22/h3-11,21-22,27H,2,12-14H2,1H3,(H,25,28). The molecule has 1 saturated heterocycles. The highest BCUT2D eigenvalue weighted by atomic mass is 32.2. The summed E-state index contributed by atoms with van der Waals surface area (Å²) in [6.45, 7) is 5.69. The fourth-order valence-corrected chi connectivity index (χ4v) is 4.45. The molecule has 2 aromatic carbocycles. The summed E-state index contributed by atoms with van der Waals surface area (Å²) in [4.78, 5) is 16.5. The molecule has 0 radical (unpaired) electrons. The van der Waals surface area contributed by atoms with E-state index in [1.165, 1.54) is 11.8 Å². The van der Waals surface area contributed by atoms with Gasteiger partial charge in [-0.2, -0.15) is 0 Å². The number of hydrogen-bond donors (Lipinski definition) is 2. The lowest BCUT2D eigenvalue weighted by Crippen LogP contribution is -2.23. The topological polar surface area (TPSA) is 75.4 Å². The minimum atomic E-state index is -0.584. The second kappa shape index (κ2) is 8.90. The van der Waals surface area contributed by atoms with E-state index in [4.69, 9.17) is 4.42 Å². The number of aromatic nitrogens is 1. The summed E-state index contributed by atoms with van der Waals surface area (Å²) in [7, 11) is 0. The Morgan fingerprint density at radius 3 is 2.60 bits per heavy atom. The number of amides is 1. The minimum Gasteiger partial charge on any atom is -0.441 e. The lowest BCUT2D eigenvalue weighted by Gasteiger charge is -2.12. The molecule has 2 N–H and O–H groups in total. The minimum absolute atomic E-state index is 0.00645. The molecule has 1 aliphatic heterocycles. The quantitative estimate of drug-likeness (QED) is 0.586. The van der Waals surface area contributed by atoms with Crippen molar-refractivity contribution < 1.29 is 14.3 Å². The van der Waals surface area contributed by atoms with E-state index in [1.807, 2.05) is 61.5 Å². The van der Waals surface area contributed by atoms with Crippen LogP contribution in [-0.4, -0.2) is 21.2 Å². The molecule has 3 aromatic rings. The summed E-state index contributed by atoms with van der Waals surface area (Å²) in [6, 6.07) is 17.6. The van der Waals surface area contributed by atoms with E-state index in [0.717, 1.165) is 28.1 Å². The molecule has 30 heavy (non-hydrogen) atoms. The zero-order valence-corrected chi connectivity index (χ0v) is 17.6. The molecule has 6 heteroatoms. The summed E-state index contributed by atoms with van der Waals surface area (Å²) < 4.78 is 5.80. The van der Waals surface area contributed by atoms with Crippen molar-refractivity contribution in [1.29, 1.82) is 0 Å². The predicted molar refractivity (Wildman–Crippen MR) is 119 cm³/mol. The van der Waals surface area contributed by atoms with Crippen LogP contribution in [0.15, 0.2) is 70.6 Å². The number of nitrogens with one attached hydrogen (secondary N) is 1. The Hall–Kier alpha value is -2.83. The van der Waals surface area contributed by atoms with Gasteiger partial charge in [-0.3, -0.25) is 4.79 Å². The van der Waals surface area contributed by atoms with Crippen LogP contribution >= 0.6 is 11.8 Å². The lowest BCUT2D eigenvalue weighted by molar-refractivity contribution is -0.119. The molecule has 2 unspecified atom stereocenters. The van der Waals surface area contributed by atoms with Crippen molar-refractivity contribution in [3.8, 4) is 11.5 Å². The average Bonchev–Trinajstić information content (AvgIpc) is 3.28. The molecule has 4 rings (SSSR count). The van der Waals surface area contributed by atoms with E-state index in [-0.39, 0.29) is 11.2 Å². The largest absolute Gasteiger partial charge is 0.441 e. The van der Waals surface area contributed by atoms with Gasteiger partial charge in [-0.05, 0) is 49.4 Å². The molecule has 0 aliphatic carbocycles. The van der Waals surface area contributed by atoms with Crippen LogP contribution < -0.4 is 5.32 Å². The third-order valence-corrected chi connectivity index (χ3v) is 6.24. The highest BCUT2D eigenvalue weighted by Gasteiger charge is 2.27. The van der Waals surface area contributed by atoms with Gasteiger partial charge in [0.1, 0.15) is 5.76 Å². The van der Waals surface area contributed by atoms with Gasteiger partial charge in [0.2, 0.25) is 11.8 Å². The Bertz CT molecular complexity index is 1040. The van der Waals surface area contributed by atoms with Crippen molar-refractivity contribution in [2.75, 3.05) is 0 Å². The number of aliphatic hydroxyl groups excluding tert-OH is 1. The summed E-state index contributed by atoms with van der Waals surface area (Å²) in [5.41, 5.74) is 3.74. The fraction of sp³-hybridized carbons (Fsp3) is 0.250. The lowest BCUT2D eigenvalue weighted by atomic mass is 10.0. The monoisotopic (exact) mass is 420 g/mol. The Morgan fingerprint density at radius 1 is 1.20 bits per heavy atom. The molecule has 1 aliphatic rings. The van der Waals surface area contributed by atoms with E-state index in [0.29, 0.717) is 30.2 Å². The predicted octanol–water partition coefficient (Wildman–Crippen LogP) is 4.56. The Kier molecular flexibility index (Phi) is 6.06. The molecule has 0 spiro atoms. The van der Waals surface area contributed by atoms with Crippen molar-refractivity contribution in [3.63, 3.8) is 0 Å². The van der Waals surface area contributed by atoms with Crippen LogP contribution in [0.25, 0.3) is 11.5 Å². The van der Waals surface area contributed by atoms with Gasteiger partial charge < -0.3 is 14.8 Å². The molecule has 5 nitrogen and oxygen atoms in total. The number of aliphatic hydroxyl groups is 1. The fourth-order valence-electron chi connectivity index (χ4n) is 3.50. The first kappa shape index (κ1) is 20.4. The maximum atomic E-state index is 11.9. The van der Waals surface area contributed by atoms with Gasteiger partial charge in [0.05, 0.1) is 22.1 Å². The van der Waals surface area contributed by atoms with Crippen LogP contribution in [0.5, 0.6) is 0 Å². The van der Waals surface area contributed by atoms with E-state index >= 15 is 0 Å². The van der Waals surface area contributed by atoms with Gasteiger partial charge in [0.15, 0.2) is 0 Å². The first-order valence-electron chi connectivity index (χ1n) is 9.94. The maximum Gasteiger partial charge on any atom is 0.238 e. The summed E-state index contributed by atoms with van der Waals surface area (Å²) in [5, 5.41) is 13.9. The maximum absolute atomic E-state index is 11.9. The van der Waals surface area contributed by atoms with Gasteiger partial charge in [-0.25, -0.2) is 4.98 Å².